The van der Waals surface area contributed by atoms with E-state index in [4.69, 9.17) is 0 Å². The van der Waals surface area contributed by atoms with E-state index in [2.05, 4.69) is 0 Å². The minimum Gasteiger partial charge on any atom is -0.389 e. The first-order valence-electron chi connectivity index (χ1n) is 6.79. The number of sulfone groups is 1. The molecule has 1 aromatic rings. The van der Waals surface area contributed by atoms with Gasteiger partial charge in [0.2, 0.25) is 0 Å². The van der Waals surface area contributed by atoms with Crippen molar-refractivity contribution in [1.29, 1.82) is 0 Å². The predicted octanol–water partition coefficient (Wildman–Crippen LogP) is 2.05. The molecule has 1 aliphatic heterocycles. The van der Waals surface area contributed by atoms with Crippen molar-refractivity contribution in [2.24, 2.45) is 0 Å². The van der Waals surface area contributed by atoms with Crippen molar-refractivity contribution in [3.05, 3.63) is 29.8 Å². The van der Waals surface area contributed by atoms with Gasteiger partial charge in [-0.15, -0.1) is 0 Å². The standard InChI is InChI=1S/C14H21NO3S2/c1-3-20(17,18)14-10-19-9-8-15(14)13-6-4-12(5-7-13)11(2)16/h4-7,11,14,16H,3,8-10H2,1-2H3/t11-,14?/m1/s1. The molecule has 0 spiro atoms. The van der Waals surface area contributed by atoms with Crippen molar-refractivity contribution in [3.63, 3.8) is 0 Å². The summed E-state index contributed by atoms with van der Waals surface area (Å²) in [4.78, 5) is 1.97. The van der Waals surface area contributed by atoms with Gasteiger partial charge < -0.3 is 10.0 Å². The van der Waals surface area contributed by atoms with Crippen molar-refractivity contribution in [2.45, 2.75) is 25.3 Å². The summed E-state index contributed by atoms with van der Waals surface area (Å²) in [5.41, 5.74) is 1.76. The first kappa shape index (κ1) is 15.7. The van der Waals surface area contributed by atoms with Crippen LogP contribution in [0.4, 0.5) is 5.69 Å². The summed E-state index contributed by atoms with van der Waals surface area (Å²) in [5.74, 6) is 1.72. The zero-order valence-electron chi connectivity index (χ0n) is 11.8. The first-order chi connectivity index (χ1) is 9.45. The van der Waals surface area contributed by atoms with E-state index in [1.165, 1.54) is 0 Å². The number of rotatable bonds is 4. The number of benzene rings is 1. The topological polar surface area (TPSA) is 57.6 Å². The highest BCUT2D eigenvalue weighted by Gasteiger charge is 2.32. The van der Waals surface area contributed by atoms with Gasteiger partial charge in [0.1, 0.15) is 5.37 Å². The number of thioether (sulfide) groups is 1. The van der Waals surface area contributed by atoms with Gasteiger partial charge in [-0.2, -0.15) is 11.8 Å². The van der Waals surface area contributed by atoms with E-state index >= 15 is 0 Å². The van der Waals surface area contributed by atoms with Gasteiger partial charge in [-0.1, -0.05) is 19.1 Å². The minimum atomic E-state index is -3.09. The van der Waals surface area contributed by atoms with Crippen LogP contribution in [0.5, 0.6) is 0 Å². The van der Waals surface area contributed by atoms with Crippen molar-refractivity contribution >= 4 is 27.3 Å². The minimum absolute atomic E-state index is 0.167. The molecule has 20 heavy (non-hydrogen) atoms. The summed E-state index contributed by atoms with van der Waals surface area (Å²) in [5, 5.41) is 9.09. The number of hydrogen-bond acceptors (Lipinski definition) is 5. The zero-order valence-corrected chi connectivity index (χ0v) is 13.5. The van der Waals surface area contributed by atoms with E-state index in [0.29, 0.717) is 5.75 Å². The maximum atomic E-state index is 12.2. The second-order valence-corrected chi connectivity index (χ2v) is 8.54. The largest absolute Gasteiger partial charge is 0.389 e. The molecule has 0 saturated carbocycles. The van der Waals surface area contributed by atoms with Crippen molar-refractivity contribution in [3.8, 4) is 0 Å². The summed E-state index contributed by atoms with van der Waals surface area (Å²) < 4.78 is 24.4. The van der Waals surface area contributed by atoms with E-state index < -0.39 is 21.3 Å². The van der Waals surface area contributed by atoms with Gasteiger partial charge in [-0.05, 0) is 24.6 Å². The van der Waals surface area contributed by atoms with Crippen molar-refractivity contribution in [2.75, 3.05) is 28.7 Å². The van der Waals surface area contributed by atoms with Crippen LogP contribution in [-0.2, 0) is 9.84 Å². The number of aliphatic hydroxyl groups excluding tert-OH is 1. The summed E-state index contributed by atoms with van der Waals surface area (Å²) in [6.07, 6.45) is -0.504. The van der Waals surface area contributed by atoms with E-state index in [9.17, 15) is 13.5 Å². The molecule has 0 bridgehead atoms. The molecule has 1 N–H and O–H groups in total. The predicted molar refractivity (Wildman–Crippen MR) is 85.0 cm³/mol. The Morgan fingerprint density at radius 1 is 1.40 bits per heavy atom. The smallest absolute Gasteiger partial charge is 0.171 e. The lowest BCUT2D eigenvalue weighted by molar-refractivity contribution is 0.199. The second-order valence-electron chi connectivity index (χ2n) is 4.94. The molecule has 1 fully saturated rings. The molecule has 4 nitrogen and oxygen atoms in total. The molecule has 2 atom stereocenters. The molecule has 1 aliphatic rings. The van der Waals surface area contributed by atoms with Gasteiger partial charge in [0, 0.05) is 29.5 Å². The van der Waals surface area contributed by atoms with Gasteiger partial charge in [-0.3, -0.25) is 0 Å². The van der Waals surface area contributed by atoms with Crippen LogP contribution in [0.15, 0.2) is 24.3 Å². The monoisotopic (exact) mass is 315 g/mol. The van der Waals surface area contributed by atoms with E-state index in [1.807, 2.05) is 29.2 Å². The van der Waals surface area contributed by atoms with Crippen LogP contribution in [0.2, 0.25) is 0 Å². The average Bonchev–Trinajstić information content (AvgIpc) is 2.47. The van der Waals surface area contributed by atoms with Gasteiger partial charge in [0.25, 0.3) is 0 Å². The van der Waals surface area contributed by atoms with Crippen molar-refractivity contribution < 1.29 is 13.5 Å². The molecule has 1 heterocycles. The van der Waals surface area contributed by atoms with Crippen LogP contribution >= 0.6 is 11.8 Å². The van der Waals surface area contributed by atoms with Gasteiger partial charge in [0.15, 0.2) is 9.84 Å². The fraction of sp³-hybridized carbons (Fsp3) is 0.571. The molecule has 112 valence electrons. The van der Waals surface area contributed by atoms with Gasteiger partial charge in [-0.25, -0.2) is 8.42 Å². The van der Waals surface area contributed by atoms with Crippen LogP contribution in [-0.4, -0.2) is 42.7 Å². The normalized spacial score (nSPS) is 21.8. The Labute approximate surface area is 125 Å². The molecule has 0 radical (unpaired) electrons. The molecular formula is C14H21NO3S2. The lowest BCUT2D eigenvalue weighted by Crippen LogP contribution is -2.48. The maximum absolute atomic E-state index is 12.2. The third-order valence-electron chi connectivity index (χ3n) is 3.61. The molecule has 0 amide bonds. The van der Waals surface area contributed by atoms with Crippen molar-refractivity contribution in [1.82, 2.24) is 0 Å². The third-order valence-corrected chi connectivity index (χ3v) is 6.90. The van der Waals surface area contributed by atoms with E-state index in [0.717, 1.165) is 23.5 Å². The summed E-state index contributed by atoms with van der Waals surface area (Å²) >= 11 is 1.69. The number of nitrogens with zero attached hydrogens (tertiary/aromatic N) is 1. The summed E-state index contributed by atoms with van der Waals surface area (Å²) in [6.45, 7) is 4.16. The van der Waals surface area contributed by atoms with Crippen LogP contribution in [0.25, 0.3) is 0 Å². The fourth-order valence-electron chi connectivity index (χ4n) is 2.31. The van der Waals surface area contributed by atoms with E-state index in [-0.39, 0.29) is 5.75 Å². The van der Waals surface area contributed by atoms with Crippen LogP contribution in [0, 0.1) is 0 Å². The Bertz CT molecular complexity index is 540. The van der Waals surface area contributed by atoms with Gasteiger partial charge in [0.05, 0.1) is 6.10 Å². The van der Waals surface area contributed by atoms with Crippen LogP contribution < -0.4 is 4.90 Å². The number of hydrogen-bond donors (Lipinski definition) is 1. The van der Waals surface area contributed by atoms with Gasteiger partial charge >= 0.3 is 0 Å². The highest BCUT2D eigenvalue weighted by atomic mass is 32.2. The average molecular weight is 315 g/mol. The lowest BCUT2D eigenvalue weighted by atomic mass is 10.1. The third kappa shape index (κ3) is 3.30. The SMILES string of the molecule is CCS(=O)(=O)C1CSCCN1c1ccc([C@@H](C)O)cc1. The maximum Gasteiger partial charge on any atom is 0.171 e. The Hall–Kier alpha value is -0.720. The fourth-order valence-corrected chi connectivity index (χ4v) is 5.30. The molecule has 6 heteroatoms. The van der Waals surface area contributed by atoms with Crippen LogP contribution in [0.1, 0.15) is 25.5 Å². The Kier molecular flexibility index (Phi) is 4.99. The molecular weight excluding hydrogens is 294 g/mol. The zero-order chi connectivity index (χ0) is 14.8. The Morgan fingerprint density at radius 2 is 2.05 bits per heavy atom. The summed E-state index contributed by atoms with van der Waals surface area (Å²) in [7, 11) is -3.09. The first-order valence-corrected chi connectivity index (χ1v) is 9.66. The summed E-state index contributed by atoms with van der Waals surface area (Å²) in [6, 6.07) is 7.52. The number of anilines is 1. The van der Waals surface area contributed by atoms with Crippen LogP contribution in [0.3, 0.4) is 0 Å². The number of aliphatic hydroxyl groups is 1. The quantitative estimate of drug-likeness (QED) is 0.921. The van der Waals surface area contributed by atoms with E-state index in [1.54, 1.807) is 25.6 Å². The Morgan fingerprint density at radius 3 is 2.60 bits per heavy atom. The Balaban J connectivity index is 2.28. The molecule has 2 rings (SSSR count). The second kappa shape index (κ2) is 6.37. The molecule has 0 aromatic heterocycles. The lowest BCUT2D eigenvalue weighted by Gasteiger charge is -2.36. The molecule has 1 aromatic carbocycles. The highest BCUT2D eigenvalue weighted by Crippen LogP contribution is 2.28. The molecule has 0 aliphatic carbocycles. The molecule has 1 saturated heterocycles. The highest BCUT2D eigenvalue weighted by molar-refractivity contribution is 8.01. The molecule has 1 unspecified atom stereocenters.